The van der Waals surface area contributed by atoms with Crippen LogP contribution < -0.4 is 0 Å². The highest BCUT2D eigenvalue weighted by Crippen LogP contribution is 2.28. The third-order valence-corrected chi connectivity index (χ3v) is 6.71. The Hall–Kier alpha value is 0.0969. The Balaban J connectivity index is 4.62. The molecule has 0 amide bonds. The van der Waals surface area contributed by atoms with Crippen LogP contribution in [-0.4, -0.2) is 28.6 Å². The van der Waals surface area contributed by atoms with E-state index in [0.717, 1.165) is 6.04 Å². The first-order valence-corrected chi connectivity index (χ1v) is 9.40. The Morgan fingerprint density at radius 1 is 0.778 bits per heavy atom. The topological polar surface area (TPSA) is 27.7 Å². The zero-order chi connectivity index (χ0) is 14.0. The van der Waals surface area contributed by atoms with Gasteiger partial charge >= 0.3 is 8.80 Å². The summed E-state index contributed by atoms with van der Waals surface area (Å²) in [5.41, 5.74) is 0. The summed E-state index contributed by atoms with van der Waals surface area (Å²) in [7, 11) is -2.45. The summed E-state index contributed by atoms with van der Waals surface area (Å²) >= 11 is 0. The standard InChI is InChI=1S/C14H32O3Si/c1-7-11-13(5)14(6)12-18(15-8-2,16-9-3)17-10-4/h13-14H,7-12H2,1-6H3. The molecule has 0 spiro atoms. The van der Waals surface area contributed by atoms with E-state index in [1.54, 1.807) is 0 Å². The largest absolute Gasteiger partial charge is 0.501 e. The van der Waals surface area contributed by atoms with Gasteiger partial charge in [-0.3, -0.25) is 0 Å². The van der Waals surface area contributed by atoms with Crippen LogP contribution in [0.15, 0.2) is 0 Å². The zero-order valence-corrected chi connectivity index (χ0v) is 14.1. The molecule has 0 aromatic heterocycles. The Morgan fingerprint density at radius 3 is 1.56 bits per heavy atom. The molecule has 2 unspecified atom stereocenters. The Kier molecular flexibility index (Phi) is 10.0. The minimum atomic E-state index is -2.45. The van der Waals surface area contributed by atoms with Gasteiger partial charge in [0.2, 0.25) is 0 Å². The molecule has 0 bridgehead atoms. The van der Waals surface area contributed by atoms with E-state index in [1.165, 1.54) is 12.8 Å². The Labute approximate surface area is 115 Å². The van der Waals surface area contributed by atoms with Crippen molar-refractivity contribution in [1.82, 2.24) is 0 Å². The van der Waals surface area contributed by atoms with Gasteiger partial charge in [-0.25, -0.2) is 0 Å². The molecule has 18 heavy (non-hydrogen) atoms. The van der Waals surface area contributed by atoms with Gasteiger partial charge in [-0.1, -0.05) is 33.6 Å². The molecular formula is C14H32O3Si. The predicted octanol–water partition coefficient (Wildman–Crippen LogP) is 4.11. The predicted molar refractivity (Wildman–Crippen MR) is 78.7 cm³/mol. The molecule has 0 saturated carbocycles. The quantitative estimate of drug-likeness (QED) is 0.532. The van der Waals surface area contributed by atoms with Crippen LogP contribution in [0.25, 0.3) is 0 Å². The first kappa shape index (κ1) is 18.1. The van der Waals surface area contributed by atoms with Crippen molar-refractivity contribution in [3.63, 3.8) is 0 Å². The van der Waals surface area contributed by atoms with Gasteiger partial charge in [0.25, 0.3) is 0 Å². The van der Waals surface area contributed by atoms with E-state index in [4.69, 9.17) is 13.3 Å². The van der Waals surface area contributed by atoms with Crippen LogP contribution in [0.4, 0.5) is 0 Å². The maximum Gasteiger partial charge on any atom is 0.501 e. The van der Waals surface area contributed by atoms with Crippen LogP contribution in [-0.2, 0) is 13.3 Å². The van der Waals surface area contributed by atoms with Gasteiger partial charge in [0.05, 0.1) is 0 Å². The second-order valence-corrected chi connectivity index (χ2v) is 7.57. The molecule has 110 valence electrons. The van der Waals surface area contributed by atoms with Crippen molar-refractivity contribution < 1.29 is 13.3 Å². The lowest BCUT2D eigenvalue weighted by Crippen LogP contribution is -2.47. The maximum absolute atomic E-state index is 5.90. The van der Waals surface area contributed by atoms with Crippen molar-refractivity contribution in [2.45, 2.75) is 60.4 Å². The van der Waals surface area contributed by atoms with E-state index >= 15 is 0 Å². The minimum Gasteiger partial charge on any atom is -0.374 e. The summed E-state index contributed by atoms with van der Waals surface area (Å²) in [6.45, 7) is 14.9. The highest BCUT2D eigenvalue weighted by Gasteiger charge is 2.42. The van der Waals surface area contributed by atoms with Crippen LogP contribution in [0.3, 0.4) is 0 Å². The summed E-state index contributed by atoms with van der Waals surface area (Å²) in [5, 5.41) is 0. The van der Waals surface area contributed by atoms with Crippen LogP contribution in [0.5, 0.6) is 0 Å². The van der Waals surface area contributed by atoms with Crippen molar-refractivity contribution in [2.75, 3.05) is 19.8 Å². The van der Waals surface area contributed by atoms with Crippen molar-refractivity contribution >= 4 is 8.80 Å². The lowest BCUT2D eigenvalue weighted by molar-refractivity contribution is 0.0650. The minimum absolute atomic E-state index is 0.585. The lowest BCUT2D eigenvalue weighted by atomic mass is 9.93. The Morgan fingerprint density at radius 2 is 1.22 bits per heavy atom. The average Bonchev–Trinajstić information content (AvgIpc) is 2.30. The first-order chi connectivity index (χ1) is 8.55. The fourth-order valence-electron chi connectivity index (χ4n) is 2.30. The molecule has 0 fully saturated rings. The molecule has 3 nitrogen and oxygen atoms in total. The SMILES string of the molecule is CCCC(C)C(C)C[Si](OCC)(OCC)OCC. The molecule has 4 heteroatoms. The smallest absolute Gasteiger partial charge is 0.374 e. The third kappa shape index (κ3) is 6.32. The lowest BCUT2D eigenvalue weighted by Gasteiger charge is -2.32. The average molecular weight is 276 g/mol. The molecule has 0 radical (unpaired) electrons. The fraction of sp³-hybridized carbons (Fsp3) is 1.00. The normalized spacial score (nSPS) is 15.7. The molecular weight excluding hydrogens is 244 g/mol. The third-order valence-electron chi connectivity index (χ3n) is 3.38. The van der Waals surface area contributed by atoms with Gasteiger partial charge in [0.1, 0.15) is 0 Å². The second kappa shape index (κ2) is 9.95. The van der Waals surface area contributed by atoms with E-state index in [0.29, 0.717) is 31.7 Å². The highest BCUT2D eigenvalue weighted by molar-refractivity contribution is 6.60. The van der Waals surface area contributed by atoms with Gasteiger partial charge in [-0.05, 0) is 32.6 Å². The van der Waals surface area contributed by atoms with Crippen molar-refractivity contribution in [3.05, 3.63) is 0 Å². The number of rotatable bonds is 11. The molecule has 0 rings (SSSR count). The van der Waals surface area contributed by atoms with E-state index in [1.807, 2.05) is 20.8 Å². The van der Waals surface area contributed by atoms with Gasteiger partial charge in [-0.2, -0.15) is 0 Å². The monoisotopic (exact) mass is 276 g/mol. The molecule has 0 N–H and O–H groups in total. The van der Waals surface area contributed by atoms with Gasteiger partial charge in [-0.15, -0.1) is 0 Å². The van der Waals surface area contributed by atoms with E-state index < -0.39 is 8.80 Å². The van der Waals surface area contributed by atoms with Crippen LogP contribution in [0, 0.1) is 11.8 Å². The van der Waals surface area contributed by atoms with Crippen molar-refractivity contribution in [1.29, 1.82) is 0 Å². The summed E-state index contributed by atoms with van der Waals surface area (Å²) < 4.78 is 17.7. The zero-order valence-electron chi connectivity index (χ0n) is 13.1. The van der Waals surface area contributed by atoms with E-state index in [9.17, 15) is 0 Å². The molecule has 2 atom stereocenters. The van der Waals surface area contributed by atoms with Crippen LogP contribution >= 0.6 is 0 Å². The highest BCUT2D eigenvalue weighted by atomic mass is 28.4. The molecule has 0 aliphatic carbocycles. The summed E-state index contributed by atoms with van der Waals surface area (Å²) in [4.78, 5) is 0. The molecule has 0 aliphatic heterocycles. The molecule has 0 heterocycles. The molecule has 0 aromatic rings. The van der Waals surface area contributed by atoms with Crippen LogP contribution in [0.2, 0.25) is 6.04 Å². The van der Waals surface area contributed by atoms with Gasteiger partial charge < -0.3 is 13.3 Å². The molecule has 0 aromatic carbocycles. The fourth-order valence-corrected chi connectivity index (χ4v) is 5.41. The second-order valence-electron chi connectivity index (χ2n) is 4.93. The Bertz CT molecular complexity index is 182. The first-order valence-electron chi connectivity index (χ1n) is 7.46. The van der Waals surface area contributed by atoms with Crippen molar-refractivity contribution in [3.8, 4) is 0 Å². The summed E-state index contributed by atoms with van der Waals surface area (Å²) in [5.74, 6) is 1.28. The summed E-state index contributed by atoms with van der Waals surface area (Å²) in [6.07, 6.45) is 2.49. The van der Waals surface area contributed by atoms with Crippen LogP contribution in [0.1, 0.15) is 54.4 Å². The van der Waals surface area contributed by atoms with Gasteiger partial charge in [0.15, 0.2) is 0 Å². The van der Waals surface area contributed by atoms with Gasteiger partial charge in [0, 0.05) is 25.9 Å². The van der Waals surface area contributed by atoms with E-state index in [2.05, 4.69) is 20.8 Å². The number of hydrogen-bond acceptors (Lipinski definition) is 3. The summed E-state index contributed by atoms with van der Waals surface area (Å²) in [6, 6.07) is 0.934. The maximum atomic E-state index is 5.90. The number of hydrogen-bond donors (Lipinski definition) is 0. The van der Waals surface area contributed by atoms with Crippen molar-refractivity contribution in [2.24, 2.45) is 11.8 Å². The molecule has 0 saturated heterocycles. The van der Waals surface area contributed by atoms with E-state index in [-0.39, 0.29) is 0 Å². The molecule has 0 aliphatic rings.